The number of hydrogen-bond donors (Lipinski definition) is 2. The van der Waals surface area contributed by atoms with Crippen molar-refractivity contribution in [2.24, 2.45) is 11.6 Å². The molecule has 1 amide bonds. The van der Waals surface area contributed by atoms with Crippen LogP contribution in [0.15, 0.2) is 0 Å². The number of carboxylic acids is 1. The highest BCUT2D eigenvalue weighted by molar-refractivity contribution is 5.87. The molecule has 1 aliphatic rings. The van der Waals surface area contributed by atoms with Gasteiger partial charge in [-0.25, -0.2) is 4.79 Å². The zero-order valence-electron chi connectivity index (χ0n) is 10.8. The molecule has 3 N–H and O–H groups in total. The summed E-state index contributed by atoms with van der Waals surface area (Å²) in [6, 6.07) is -1.32. The highest BCUT2D eigenvalue weighted by Crippen LogP contribution is 2.19. The molecule has 5 nitrogen and oxygen atoms in total. The maximum absolute atomic E-state index is 12.1. The van der Waals surface area contributed by atoms with Gasteiger partial charge < -0.3 is 15.7 Å². The Morgan fingerprint density at radius 3 is 2.81 bits per heavy atom. The predicted octanol–water partition coefficient (Wildman–Crippen LogP) is 0.435. The average Bonchev–Trinajstić information content (AvgIpc) is 2.73. The Kier molecular flexibility index (Phi) is 3.77. The molecule has 2 atom stereocenters. The van der Waals surface area contributed by atoms with E-state index in [0.29, 0.717) is 19.4 Å². The number of rotatable bonds is 5. The highest BCUT2D eigenvalue weighted by atomic mass is 16.4. The second-order valence-corrected chi connectivity index (χ2v) is 4.71. The van der Waals surface area contributed by atoms with Gasteiger partial charge in [-0.2, -0.15) is 0 Å². The maximum Gasteiger partial charge on any atom is 0.326 e. The molecule has 92 valence electrons. The van der Waals surface area contributed by atoms with Crippen LogP contribution in [0.25, 0.3) is 0 Å². The fourth-order valence-electron chi connectivity index (χ4n) is 2.06. The predicted molar refractivity (Wildman–Crippen MR) is 59.8 cm³/mol. The van der Waals surface area contributed by atoms with Crippen molar-refractivity contribution in [2.45, 2.75) is 45.2 Å². The Bertz CT molecular complexity index is 296. The molecular weight excluding hydrogens is 208 g/mol. The summed E-state index contributed by atoms with van der Waals surface area (Å²) in [5, 5.41) is 9.01. The van der Waals surface area contributed by atoms with E-state index in [1.54, 1.807) is 0 Å². The Morgan fingerprint density at radius 1 is 1.62 bits per heavy atom. The quantitative estimate of drug-likeness (QED) is 0.716. The first kappa shape index (κ1) is 11.4. The normalized spacial score (nSPS) is 23.3. The van der Waals surface area contributed by atoms with Gasteiger partial charge in [0.05, 0.1) is 6.04 Å². The van der Waals surface area contributed by atoms with E-state index in [1.165, 1.54) is 4.90 Å². The standard InChI is InChI=1S/C11H20N2O3/c1-7(2)6-8(12)10(14)13-5-3-4-9(13)11(15)16/h7-9H,3-6,12H2,1-2H3,(H,15,16)/t8-,9-/m0/s1/i/hD. The number of carboxylic acid groups (broad SMARTS) is 1. The Morgan fingerprint density at radius 2 is 2.31 bits per heavy atom. The van der Waals surface area contributed by atoms with Gasteiger partial charge in [-0.1, -0.05) is 13.8 Å². The first-order chi connectivity index (χ1) is 7.97. The lowest BCUT2D eigenvalue weighted by Gasteiger charge is -2.25. The molecule has 0 aliphatic carbocycles. The zero-order valence-corrected chi connectivity index (χ0v) is 9.77. The van der Waals surface area contributed by atoms with Gasteiger partial charge in [-0.3, -0.25) is 4.79 Å². The summed E-state index contributed by atoms with van der Waals surface area (Å²) in [6.07, 6.45) is 1.77. The van der Waals surface area contributed by atoms with E-state index in [0.717, 1.165) is 6.42 Å². The smallest absolute Gasteiger partial charge is 0.326 e. The second kappa shape index (κ2) is 5.30. The number of carbonyl (C=O) groups excluding carboxylic acids is 1. The van der Waals surface area contributed by atoms with Crippen molar-refractivity contribution in [2.75, 3.05) is 6.54 Å². The van der Waals surface area contributed by atoms with Crippen molar-refractivity contribution < 1.29 is 16.1 Å². The minimum atomic E-state index is -0.955. The van der Waals surface area contributed by atoms with Crippen LogP contribution in [-0.2, 0) is 9.59 Å². The summed E-state index contributed by atoms with van der Waals surface area (Å²) in [7, 11) is 0. The Hall–Kier alpha value is -1.10. The lowest BCUT2D eigenvalue weighted by molar-refractivity contribution is -0.148. The van der Waals surface area contributed by atoms with Crippen molar-refractivity contribution in [3.05, 3.63) is 0 Å². The molecule has 1 fully saturated rings. The van der Waals surface area contributed by atoms with Gasteiger partial charge in [-0.05, 0) is 25.2 Å². The van der Waals surface area contributed by atoms with Gasteiger partial charge in [0.2, 0.25) is 5.91 Å². The highest BCUT2D eigenvalue weighted by Gasteiger charge is 2.35. The molecule has 0 radical (unpaired) electrons. The van der Waals surface area contributed by atoms with Crippen LogP contribution in [0.4, 0.5) is 0 Å². The molecule has 0 aromatic heterocycles. The van der Waals surface area contributed by atoms with Gasteiger partial charge >= 0.3 is 5.97 Å². The van der Waals surface area contributed by atoms with Gasteiger partial charge in [0.25, 0.3) is 0 Å². The first-order valence-corrected chi connectivity index (χ1v) is 5.68. The molecule has 1 aliphatic heterocycles. The third-order valence-corrected chi connectivity index (χ3v) is 2.83. The van der Waals surface area contributed by atoms with Gasteiger partial charge in [-0.15, -0.1) is 0 Å². The molecule has 0 aromatic rings. The number of nitrogens with zero attached hydrogens (tertiary/aromatic N) is 1. The lowest BCUT2D eigenvalue weighted by Crippen LogP contribution is -2.48. The van der Waals surface area contributed by atoms with E-state index in [-0.39, 0.29) is 11.8 Å². The van der Waals surface area contributed by atoms with Crippen molar-refractivity contribution in [1.29, 1.82) is 0 Å². The molecular formula is C11H20N2O3. The summed E-state index contributed by atoms with van der Waals surface area (Å²) >= 11 is 0. The summed E-state index contributed by atoms with van der Waals surface area (Å²) in [5.41, 5.74) is 2.24. The largest absolute Gasteiger partial charge is 0.480 e. The Balaban J connectivity index is 2.69. The number of hydrogen-bond acceptors (Lipinski definition) is 3. The fraction of sp³-hybridized carbons (Fsp3) is 0.818. The number of nitrogens with two attached hydrogens (primary N) is 1. The third-order valence-electron chi connectivity index (χ3n) is 2.83. The molecule has 0 bridgehead atoms. The van der Waals surface area contributed by atoms with Crippen molar-refractivity contribution in [3.8, 4) is 0 Å². The van der Waals surface area contributed by atoms with Crippen molar-refractivity contribution >= 4 is 11.9 Å². The number of carbonyl (C=O) groups is 2. The van der Waals surface area contributed by atoms with E-state index < -0.39 is 18.1 Å². The molecule has 5 heteroatoms. The molecule has 1 rings (SSSR count). The van der Waals surface area contributed by atoms with Crippen LogP contribution < -0.4 is 5.73 Å². The van der Waals surface area contributed by atoms with Crippen molar-refractivity contribution in [3.63, 3.8) is 0 Å². The topological polar surface area (TPSA) is 83.6 Å². The van der Waals surface area contributed by atoms with Crippen LogP contribution in [0, 0.1) is 5.92 Å². The summed E-state index contributed by atoms with van der Waals surface area (Å²) < 4.78 is 7.18. The van der Waals surface area contributed by atoms with E-state index in [1.807, 2.05) is 13.8 Å². The van der Waals surface area contributed by atoms with Crippen LogP contribution in [0.1, 0.15) is 33.1 Å². The number of aliphatic carboxylic acids is 1. The Labute approximate surface area is 97.1 Å². The van der Waals surface area contributed by atoms with Gasteiger partial charge in [0, 0.05) is 6.54 Å². The van der Waals surface area contributed by atoms with Crippen LogP contribution in [0.5, 0.6) is 0 Å². The fourth-order valence-corrected chi connectivity index (χ4v) is 2.06. The molecule has 0 spiro atoms. The minimum Gasteiger partial charge on any atom is -0.480 e. The minimum absolute atomic E-state index is 0.265. The monoisotopic (exact) mass is 229 g/mol. The van der Waals surface area contributed by atoms with E-state index in [2.05, 4.69) is 5.73 Å². The number of amides is 1. The van der Waals surface area contributed by atoms with E-state index in [9.17, 15) is 9.59 Å². The third kappa shape index (κ3) is 2.95. The summed E-state index contributed by atoms with van der Waals surface area (Å²) in [4.78, 5) is 24.5. The summed E-state index contributed by atoms with van der Waals surface area (Å²) in [6.45, 7) is 4.42. The van der Waals surface area contributed by atoms with Gasteiger partial charge in [0.1, 0.15) is 7.45 Å². The van der Waals surface area contributed by atoms with Crippen LogP contribution in [-0.4, -0.2) is 40.5 Å². The van der Waals surface area contributed by atoms with E-state index in [4.69, 9.17) is 6.52 Å². The van der Waals surface area contributed by atoms with Crippen LogP contribution >= 0.6 is 0 Å². The van der Waals surface area contributed by atoms with Crippen LogP contribution in [0.3, 0.4) is 0 Å². The molecule has 16 heavy (non-hydrogen) atoms. The molecule has 0 aromatic carbocycles. The maximum atomic E-state index is 12.1. The van der Waals surface area contributed by atoms with Gasteiger partial charge in [0.15, 0.2) is 0 Å². The van der Waals surface area contributed by atoms with Crippen LogP contribution in [0.2, 0.25) is 1.41 Å². The molecule has 0 saturated carbocycles. The average molecular weight is 229 g/mol. The number of likely N-dealkylation sites (tertiary alicyclic amines) is 1. The van der Waals surface area contributed by atoms with Crippen molar-refractivity contribution in [1.82, 2.24) is 4.90 Å². The molecule has 1 heterocycles. The lowest BCUT2D eigenvalue weighted by atomic mass is 10.0. The SMILES string of the molecule is [2H]N[C@@H](CC(C)C)C(=O)N1CCC[C@H]1C(=O)O. The molecule has 1 saturated heterocycles. The zero-order chi connectivity index (χ0) is 13.0. The van der Waals surface area contributed by atoms with E-state index >= 15 is 0 Å². The second-order valence-electron chi connectivity index (χ2n) is 4.71. The molecule has 0 unspecified atom stereocenters. The first-order valence-electron chi connectivity index (χ1n) is 6.18. The summed E-state index contributed by atoms with van der Waals surface area (Å²) in [5.74, 6) is -0.935.